The fourth-order valence-corrected chi connectivity index (χ4v) is 3.02. The van der Waals surface area contributed by atoms with Crippen LogP contribution < -0.4 is 10.1 Å². The molecule has 0 heterocycles. The van der Waals surface area contributed by atoms with Gasteiger partial charge in [-0.3, -0.25) is 0 Å². The van der Waals surface area contributed by atoms with E-state index in [-0.39, 0.29) is 12.4 Å². The first-order valence-corrected chi connectivity index (χ1v) is 8.52. The summed E-state index contributed by atoms with van der Waals surface area (Å²) in [6.07, 6.45) is 0. The van der Waals surface area contributed by atoms with Crippen LogP contribution in [0.1, 0.15) is 11.1 Å². The number of para-hydroxylation sites is 1. The molecule has 0 saturated carbocycles. The second-order valence-corrected chi connectivity index (χ2v) is 6.30. The lowest BCUT2D eigenvalue weighted by Crippen LogP contribution is -2.02. The Balaban J connectivity index is 1.68. The van der Waals surface area contributed by atoms with Crippen molar-refractivity contribution in [3.8, 4) is 5.75 Å². The first-order valence-electron chi connectivity index (χ1n) is 7.76. The number of hydrogen-bond acceptors (Lipinski definition) is 2. The summed E-state index contributed by atoms with van der Waals surface area (Å²) in [5.41, 5.74) is 2.39. The summed E-state index contributed by atoms with van der Waals surface area (Å²) in [7, 11) is 0. The second-order valence-electron chi connectivity index (χ2n) is 5.49. The van der Waals surface area contributed by atoms with Gasteiger partial charge in [0.25, 0.3) is 0 Å². The minimum absolute atomic E-state index is 0.0632. The zero-order chi connectivity index (χ0) is 17.6. The summed E-state index contributed by atoms with van der Waals surface area (Å²) < 4.78 is 19.3. The average molecular weight is 376 g/mol. The van der Waals surface area contributed by atoms with Crippen molar-refractivity contribution >= 4 is 28.9 Å². The molecule has 0 amide bonds. The second kappa shape index (κ2) is 8.24. The Morgan fingerprint density at radius 3 is 2.20 bits per heavy atom. The van der Waals surface area contributed by atoms with Gasteiger partial charge < -0.3 is 10.1 Å². The van der Waals surface area contributed by atoms with Crippen LogP contribution in [0.25, 0.3) is 0 Å². The third-order valence-corrected chi connectivity index (χ3v) is 4.22. The lowest BCUT2D eigenvalue weighted by atomic mass is 10.2. The minimum Gasteiger partial charge on any atom is -0.486 e. The van der Waals surface area contributed by atoms with Crippen LogP contribution in [-0.4, -0.2) is 0 Å². The molecule has 3 aromatic rings. The van der Waals surface area contributed by atoms with Crippen LogP contribution >= 0.6 is 23.2 Å². The molecular formula is C20H16Cl2FNO. The van der Waals surface area contributed by atoms with Gasteiger partial charge in [-0.1, -0.05) is 59.6 Å². The Morgan fingerprint density at radius 2 is 1.52 bits per heavy atom. The molecule has 0 aromatic heterocycles. The molecule has 0 saturated heterocycles. The Labute approximate surface area is 156 Å². The molecule has 0 unspecified atom stereocenters. The first-order chi connectivity index (χ1) is 12.1. The Kier molecular flexibility index (Phi) is 5.79. The van der Waals surface area contributed by atoms with Crippen molar-refractivity contribution in [1.82, 2.24) is 0 Å². The van der Waals surface area contributed by atoms with Gasteiger partial charge in [-0.2, -0.15) is 0 Å². The monoisotopic (exact) mass is 375 g/mol. The lowest BCUT2D eigenvalue weighted by Gasteiger charge is -2.13. The van der Waals surface area contributed by atoms with Crippen molar-refractivity contribution in [3.05, 3.63) is 93.7 Å². The molecule has 0 aliphatic heterocycles. The van der Waals surface area contributed by atoms with Crippen molar-refractivity contribution in [2.45, 2.75) is 13.2 Å². The molecule has 3 aromatic carbocycles. The standard InChI is InChI=1S/C20H16Cl2FNO/c21-17-10-14(12-24-16-7-2-1-3-8-16)11-18(22)20(17)25-13-15-6-4-5-9-19(15)23/h1-11,24H,12-13H2. The van der Waals surface area contributed by atoms with Gasteiger partial charge in [-0.25, -0.2) is 4.39 Å². The third kappa shape index (κ3) is 4.65. The maximum Gasteiger partial charge on any atom is 0.156 e. The van der Waals surface area contributed by atoms with E-state index in [1.165, 1.54) is 6.07 Å². The Hall–Kier alpha value is -2.23. The predicted octanol–water partition coefficient (Wildman–Crippen LogP) is 6.32. The van der Waals surface area contributed by atoms with E-state index in [2.05, 4.69) is 5.32 Å². The van der Waals surface area contributed by atoms with E-state index >= 15 is 0 Å². The van der Waals surface area contributed by atoms with Gasteiger partial charge in [-0.15, -0.1) is 0 Å². The zero-order valence-electron chi connectivity index (χ0n) is 13.3. The quantitative estimate of drug-likeness (QED) is 0.543. The average Bonchev–Trinajstić information content (AvgIpc) is 2.61. The highest BCUT2D eigenvalue weighted by molar-refractivity contribution is 6.37. The molecule has 0 atom stereocenters. The van der Waals surface area contributed by atoms with Gasteiger partial charge in [0.05, 0.1) is 10.0 Å². The van der Waals surface area contributed by atoms with Crippen LogP contribution in [0, 0.1) is 5.82 Å². The van der Waals surface area contributed by atoms with Gasteiger partial charge in [-0.05, 0) is 35.9 Å². The molecule has 0 radical (unpaired) electrons. The Morgan fingerprint density at radius 1 is 0.880 bits per heavy atom. The minimum atomic E-state index is -0.321. The van der Waals surface area contributed by atoms with Crippen molar-refractivity contribution in [2.24, 2.45) is 0 Å². The van der Waals surface area contributed by atoms with E-state index < -0.39 is 0 Å². The number of anilines is 1. The Bertz CT molecular complexity index is 832. The van der Waals surface area contributed by atoms with Crippen molar-refractivity contribution < 1.29 is 9.13 Å². The molecule has 1 N–H and O–H groups in total. The van der Waals surface area contributed by atoms with Gasteiger partial charge in [0.1, 0.15) is 12.4 Å². The molecule has 25 heavy (non-hydrogen) atoms. The number of benzene rings is 3. The molecule has 0 bridgehead atoms. The van der Waals surface area contributed by atoms with Gasteiger partial charge >= 0.3 is 0 Å². The zero-order valence-corrected chi connectivity index (χ0v) is 14.8. The maximum atomic E-state index is 13.7. The molecule has 128 valence electrons. The largest absolute Gasteiger partial charge is 0.486 e. The van der Waals surface area contributed by atoms with E-state index in [1.54, 1.807) is 30.3 Å². The molecule has 2 nitrogen and oxygen atoms in total. The normalized spacial score (nSPS) is 10.5. The smallest absolute Gasteiger partial charge is 0.156 e. The highest BCUT2D eigenvalue weighted by Gasteiger charge is 2.11. The van der Waals surface area contributed by atoms with E-state index in [9.17, 15) is 4.39 Å². The summed E-state index contributed by atoms with van der Waals surface area (Å²) >= 11 is 12.6. The number of halogens is 3. The molecule has 0 aliphatic rings. The van der Waals surface area contributed by atoms with E-state index in [0.29, 0.717) is 27.9 Å². The van der Waals surface area contributed by atoms with Crippen LogP contribution in [-0.2, 0) is 13.2 Å². The van der Waals surface area contributed by atoms with Crippen LogP contribution in [0.5, 0.6) is 5.75 Å². The summed E-state index contributed by atoms with van der Waals surface area (Å²) in [6.45, 7) is 0.644. The summed E-state index contributed by atoms with van der Waals surface area (Å²) in [5, 5.41) is 4.09. The number of nitrogens with one attached hydrogen (secondary N) is 1. The summed E-state index contributed by atoms with van der Waals surface area (Å²) in [5.74, 6) is 0.0356. The molecule has 0 fully saturated rings. The fourth-order valence-electron chi connectivity index (χ4n) is 2.38. The summed E-state index contributed by atoms with van der Waals surface area (Å²) in [4.78, 5) is 0. The number of hydrogen-bond donors (Lipinski definition) is 1. The first kappa shape index (κ1) is 17.6. The predicted molar refractivity (Wildman–Crippen MR) is 101 cm³/mol. The molecule has 5 heteroatoms. The maximum absolute atomic E-state index is 13.7. The van der Waals surface area contributed by atoms with E-state index in [1.807, 2.05) is 30.3 Å². The number of rotatable bonds is 6. The lowest BCUT2D eigenvalue weighted by molar-refractivity contribution is 0.300. The molecular weight excluding hydrogens is 360 g/mol. The van der Waals surface area contributed by atoms with Gasteiger partial charge in [0.15, 0.2) is 5.75 Å². The molecule has 3 rings (SSSR count). The fraction of sp³-hybridized carbons (Fsp3) is 0.100. The van der Waals surface area contributed by atoms with Gasteiger partial charge in [0, 0.05) is 17.8 Å². The number of ether oxygens (including phenoxy) is 1. The molecule has 0 aliphatic carbocycles. The van der Waals surface area contributed by atoms with Crippen LogP contribution in [0.2, 0.25) is 10.0 Å². The third-order valence-electron chi connectivity index (χ3n) is 3.66. The van der Waals surface area contributed by atoms with Crippen LogP contribution in [0.3, 0.4) is 0 Å². The SMILES string of the molecule is Fc1ccccc1COc1c(Cl)cc(CNc2ccccc2)cc1Cl. The summed E-state index contributed by atoms with van der Waals surface area (Å²) in [6, 6.07) is 19.9. The molecule has 0 spiro atoms. The van der Waals surface area contributed by atoms with Crippen LogP contribution in [0.4, 0.5) is 10.1 Å². The highest BCUT2D eigenvalue weighted by atomic mass is 35.5. The van der Waals surface area contributed by atoms with Gasteiger partial charge in [0.2, 0.25) is 0 Å². The van der Waals surface area contributed by atoms with Crippen molar-refractivity contribution in [3.63, 3.8) is 0 Å². The van der Waals surface area contributed by atoms with Crippen molar-refractivity contribution in [2.75, 3.05) is 5.32 Å². The van der Waals surface area contributed by atoms with Crippen molar-refractivity contribution in [1.29, 1.82) is 0 Å². The van der Waals surface area contributed by atoms with E-state index in [4.69, 9.17) is 27.9 Å². The van der Waals surface area contributed by atoms with Crippen LogP contribution in [0.15, 0.2) is 66.7 Å². The highest BCUT2D eigenvalue weighted by Crippen LogP contribution is 2.35. The van der Waals surface area contributed by atoms with E-state index in [0.717, 1.165) is 11.3 Å². The topological polar surface area (TPSA) is 21.3 Å².